The minimum absolute atomic E-state index is 0.406. The van der Waals surface area contributed by atoms with E-state index < -0.39 is 24.8 Å². The summed E-state index contributed by atoms with van der Waals surface area (Å²) in [5, 5.41) is 0.406. The molecule has 0 aromatic rings. The summed E-state index contributed by atoms with van der Waals surface area (Å²) in [5.41, 5.74) is 0. The molecule has 1 unspecified atom stereocenters. The van der Waals surface area contributed by atoms with Gasteiger partial charge in [0, 0.05) is 11.5 Å². The van der Waals surface area contributed by atoms with Gasteiger partial charge in [0.1, 0.15) is 0 Å². The highest BCUT2D eigenvalue weighted by atomic mass is 14.9. The molecule has 44 valence electrons. The quantitative estimate of drug-likeness (QED) is 0.511. The van der Waals surface area contributed by atoms with Gasteiger partial charge in [0.15, 0.2) is 1.41 Å². The van der Waals surface area contributed by atoms with E-state index in [0.29, 0.717) is 5.31 Å². The zero-order chi connectivity index (χ0) is 12.1. The van der Waals surface area contributed by atoms with Gasteiger partial charge in [-0.3, -0.25) is 0 Å². The second-order valence-electron chi connectivity index (χ2n) is 1.24. The SMILES string of the molecule is [2H]C1=CN([2H])C([2H])(C=C)C([2H])([2H])C1([2H])[2H]. The van der Waals surface area contributed by atoms with Crippen molar-refractivity contribution in [2.24, 2.45) is 0 Å². The van der Waals surface area contributed by atoms with Crippen LogP contribution in [0.25, 0.3) is 0 Å². The van der Waals surface area contributed by atoms with Gasteiger partial charge < -0.3 is 5.31 Å². The molecule has 8 heavy (non-hydrogen) atoms. The van der Waals surface area contributed by atoms with E-state index in [-0.39, 0.29) is 0 Å². The Bertz CT molecular complexity index is 323. The maximum atomic E-state index is 7.70. The second-order valence-corrected chi connectivity index (χ2v) is 1.24. The summed E-state index contributed by atoms with van der Waals surface area (Å²) in [4.78, 5) is 0. The lowest BCUT2D eigenvalue weighted by Crippen LogP contribution is -2.23. The van der Waals surface area contributed by atoms with E-state index in [0.717, 1.165) is 12.3 Å². The molecule has 1 nitrogen and oxygen atoms in total. The summed E-state index contributed by atoms with van der Waals surface area (Å²) in [6.45, 7) is 3.25. The first-order valence-corrected chi connectivity index (χ1v) is 2.22. The molecule has 0 aliphatic carbocycles. The van der Waals surface area contributed by atoms with E-state index in [4.69, 9.17) is 9.64 Å². The minimum atomic E-state index is -2.71. The molecule has 0 aromatic heterocycles. The van der Waals surface area contributed by atoms with Crippen molar-refractivity contribution in [3.05, 3.63) is 24.9 Å². The van der Waals surface area contributed by atoms with Crippen LogP contribution in [-0.2, 0) is 0 Å². The minimum Gasteiger partial charge on any atom is -0.385 e. The van der Waals surface area contributed by atoms with Crippen molar-refractivity contribution in [3.8, 4) is 0 Å². The summed E-state index contributed by atoms with van der Waals surface area (Å²) < 4.78 is 52.3. The van der Waals surface area contributed by atoms with Crippen molar-refractivity contribution in [2.45, 2.75) is 18.8 Å². The van der Waals surface area contributed by atoms with Crippen molar-refractivity contribution < 1.29 is 9.64 Å². The van der Waals surface area contributed by atoms with Gasteiger partial charge in [0.2, 0.25) is 0 Å². The zero-order valence-electron chi connectivity index (χ0n) is 11.3. The highest BCUT2D eigenvalue weighted by Crippen LogP contribution is 2.03. The smallest absolute Gasteiger partial charge is 0.160 e. The van der Waals surface area contributed by atoms with Crippen LogP contribution >= 0.6 is 0 Å². The van der Waals surface area contributed by atoms with Crippen LogP contribution in [-0.4, -0.2) is 6.02 Å². The largest absolute Gasteiger partial charge is 0.385 e. The van der Waals surface area contributed by atoms with Crippen LogP contribution < -0.4 is 5.31 Å². The summed E-state index contributed by atoms with van der Waals surface area (Å²) in [7, 11) is 0. The van der Waals surface area contributed by atoms with E-state index in [2.05, 4.69) is 6.58 Å². The predicted octanol–water partition coefficient (Wildman–Crippen LogP) is 1.44. The van der Waals surface area contributed by atoms with Crippen LogP contribution in [0.15, 0.2) is 24.9 Å². The van der Waals surface area contributed by atoms with Crippen molar-refractivity contribution in [3.63, 3.8) is 0 Å². The lowest BCUT2D eigenvalue weighted by Gasteiger charge is -2.14. The van der Waals surface area contributed by atoms with Gasteiger partial charge in [0.05, 0.1) is 2.74 Å². The van der Waals surface area contributed by atoms with E-state index in [1.165, 1.54) is 0 Å². The number of hydrogen-bond acceptors (Lipinski definition) is 1. The molecule has 1 heteroatoms. The molecule has 0 saturated heterocycles. The van der Waals surface area contributed by atoms with Gasteiger partial charge in [0.25, 0.3) is 0 Å². The lowest BCUT2D eigenvalue weighted by molar-refractivity contribution is 0.619. The highest BCUT2D eigenvalue weighted by Gasteiger charge is 2.01. The maximum Gasteiger partial charge on any atom is 0.160 e. The fraction of sp³-hybridized carbons (Fsp3) is 0.429. The van der Waals surface area contributed by atoms with Gasteiger partial charge >= 0.3 is 0 Å². The molecule has 0 fully saturated rings. The zero-order valence-corrected chi connectivity index (χ0v) is 4.31. The Morgan fingerprint density at radius 1 is 2.38 bits per heavy atom. The first kappa shape index (κ1) is 1.41. The molecule has 0 spiro atoms. The summed E-state index contributed by atoms with van der Waals surface area (Å²) >= 11 is 0. The Hall–Kier alpha value is -0.720. The highest BCUT2D eigenvalue weighted by molar-refractivity contribution is 4.97. The molecule has 0 saturated carbocycles. The van der Waals surface area contributed by atoms with Gasteiger partial charge in [-0.25, -0.2) is 0 Å². The van der Waals surface area contributed by atoms with Gasteiger partial charge in [-0.2, -0.15) is 0 Å². The monoisotopic (exact) mass is 116 g/mol. The standard InChI is InChI=1S/C7H11N/c1-2-7-5-3-4-6-8-7/h2,4,6-8H,1,3,5H2/i3D2,4D,5D2,7D/hD. The molecule has 0 bridgehead atoms. The Kier molecular flexibility index (Phi) is 0.449. The van der Waals surface area contributed by atoms with E-state index in [9.17, 15) is 0 Å². The third-order valence-corrected chi connectivity index (χ3v) is 0.724. The van der Waals surface area contributed by atoms with Crippen molar-refractivity contribution in [1.82, 2.24) is 5.31 Å². The Labute approximate surface area is 60.0 Å². The topological polar surface area (TPSA) is 12.0 Å². The molecule has 1 heterocycles. The fourth-order valence-electron chi connectivity index (χ4n) is 0.370. The Morgan fingerprint density at radius 2 is 3.25 bits per heavy atom. The van der Waals surface area contributed by atoms with E-state index in [1.807, 2.05) is 0 Å². The Morgan fingerprint density at radius 3 is 4.00 bits per heavy atom. The third-order valence-electron chi connectivity index (χ3n) is 0.724. The van der Waals surface area contributed by atoms with Crippen molar-refractivity contribution in [2.75, 3.05) is 0 Å². The summed E-state index contributed by atoms with van der Waals surface area (Å²) in [6, 6.07) is -2.90. The molecular weight excluding hydrogens is 98.1 g/mol. The molecule has 0 radical (unpaired) electrons. The number of nitrogens with one attached hydrogen (secondary N) is 1. The molecule has 1 rings (SSSR count). The average molecular weight is 116 g/mol. The Balaban J connectivity index is 3.44. The van der Waals surface area contributed by atoms with Gasteiger partial charge in [-0.15, -0.1) is 6.58 Å². The number of rotatable bonds is 1. The van der Waals surface area contributed by atoms with E-state index >= 15 is 0 Å². The summed E-state index contributed by atoms with van der Waals surface area (Å²) in [5.74, 6) is 0. The number of hydrogen-bond donors (Lipinski definition) is 1. The molecule has 1 aliphatic heterocycles. The molecule has 1 aliphatic rings. The van der Waals surface area contributed by atoms with Crippen LogP contribution in [0.2, 0.25) is 1.41 Å². The normalized spacial score (nSPS) is 63.8. The average Bonchev–Trinajstić information content (AvgIpc) is 2.13. The number of allylic oxidation sites excluding steroid dienone is 1. The third kappa shape index (κ3) is 1.12. The lowest BCUT2D eigenvalue weighted by atomic mass is 10.1. The van der Waals surface area contributed by atoms with Crippen LogP contribution in [0.5, 0.6) is 0 Å². The van der Waals surface area contributed by atoms with Crippen LogP contribution in [0.4, 0.5) is 0 Å². The van der Waals surface area contributed by atoms with Crippen LogP contribution in [0.1, 0.15) is 21.0 Å². The van der Waals surface area contributed by atoms with Crippen molar-refractivity contribution in [1.29, 1.82) is 0 Å². The molecular formula is C7H11N. The van der Waals surface area contributed by atoms with Gasteiger partial charge in [-0.05, 0) is 18.9 Å². The molecule has 0 amide bonds. The first-order chi connectivity index (χ1) is 6.61. The van der Waals surface area contributed by atoms with Crippen LogP contribution in [0.3, 0.4) is 0 Å². The summed E-state index contributed by atoms with van der Waals surface area (Å²) in [6.07, 6.45) is -3.67. The second kappa shape index (κ2) is 2.55. The molecule has 1 N–H and O–H groups in total. The van der Waals surface area contributed by atoms with E-state index in [1.54, 1.807) is 0 Å². The maximum absolute atomic E-state index is 7.70. The fourth-order valence-corrected chi connectivity index (χ4v) is 0.370. The molecule has 0 aromatic carbocycles. The molecule has 1 atom stereocenters. The predicted molar refractivity (Wildman–Crippen MR) is 35.5 cm³/mol. The van der Waals surface area contributed by atoms with Crippen molar-refractivity contribution >= 4 is 0 Å². The van der Waals surface area contributed by atoms with Gasteiger partial charge in [-0.1, -0.05) is 12.1 Å². The first-order valence-electron chi connectivity index (χ1n) is 5.66. The van der Waals surface area contributed by atoms with Crippen LogP contribution in [0, 0.1) is 0 Å².